The molecule has 3 N–H and O–H groups in total. The van der Waals surface area contributed by atoms with Gasteiger partial charge in [-0.05, 0) is 6.92 Å². The third-order valence-corrected chi connectivity index (χ3v) is 2.67. The number of amides is 2. The molecule has 1 heterocycles. The number of nitrogens with zero attached hydrogens (tertiary/aromatic N) is 2. The molecule has 0 aromatic rings. The van der Waals surface area contributed by atoms with Crippen molar-refractivity contribution in [1.29, 1.82) is 0 Å². The Bertz CT molecular complexity index is 307. The lowest BCUT2D eigenvalue weighted by atomic mass is 10.2. The number of carboxylic acids is 1. The molecule has 7 nitrogen and oxygen atoms in total. The first kappa shape index (κ1) is 13.7. The molecule has 0 bridgehead atoms. The van der Waals surface area contributed by atoms with Crippen LogP contribution in [-0.4, -0.2) is 75.5 Å². The third kappa shape index (κ3) is 3.31. The number of β-amino-alcohol motifs (C(OH)–C–C–N with tert-alkyl or cyclic N) is 1. The lowest BCUT2D eigenvalue weighted by Crippen LogP contribution is -2.48. The van der Waals surface area contributed by atoms with Crippen LogP contribution in [0.2, 0.25) is 0 Å². The Balaban J connectivity index is 2.70. The smallest absolute Gasteiger partial charge is 0.326 e. The summed E-state index contributed by atoms with van der Waals surface area (Å²) in [5.74, 6) is -1.12. The number of aliphatic carboxylic acids is 1. The van der Waals surface area contributed by atoms with Crippen LogP contribution >= 0.6 is 0 Å². The molecule has 3 unspecified atom stereocenters. The minimum absolute atomic E-state index is 0.0138. The normalized spacial score (nSPS) is 25.8. The molecule has 98 valence electrons. The molecule has 3 atom stereocenters. The van der Waals surface area contributed by atoms with Crippen molar-refractivity contribution in [3.05, 3.63) is 0 Å². The molecule has 7 heteroatoms. The van der Waals surface area contributed by atoms with E-state index in [1.807, 2.05) is 0 Å². The molecule has 0 aromatic heterocycles. The zero-order valence-corrected chi connectivity index (χ0v) is 9.91. The lowest BCUT2D eigenvalue weighted by molar-refractivity contribution is -0.141. The first-order chi connectivity index (χ1) is 7.82. The molecule has 2 amide bonds. The van der Waals surface area contributed by atoms with Gasteiger partial charge in [0, 0.05) is 26.6 Å². The second-order valence-electron chi connectivity index (χ2n) is 4.41. The Kier molecular flexibility index (Phi) is 4.30. The fourth-order valence-electron chi connectivity index (χ4n) is 1.95. The second kappa shape index (κ2) is 5.33. The lowest BCUT2D eigenvalue weighted by Gasteiger charge is -2.28. The number of urea groups is 1. The fourth-order valence-corrected chi connectivity index (χ4v) is 1.95. The second-order valence-corrected chi connectivity index (χ2v) is 4.41. The maximum absolute atomic E-state index is 11.9. The van der Waals surface area contributed by atoms with Gasteiger partial charge in [-0.2, -0.15) is 0 Å². The van der Waals surface area contributed by atoms with Gasteiger partial charge in [0.1, 0.15) is 6.04 Å². The molecule has 1 saturated heterocycles. The van der Waals surface area contributed by atoms with Crippen LogP contribution in [0.15, 0.2) is 0 Å². The SMILES string of the molecule is CC(O)CN(C)C(=O)N1CC(O)CC1C(=O)O. The minimum Gasteiger partial charge on any atom is -0.480 e. The standard InChI is InChI=1S/C10H18N2O5/c1-6(13)4-11(2)10(17)12-5-7(14)3-8(12)9(15)16/h6-8,13-14H,3-5H2,1-2H3,(H,15,16). The van der Waals surface area contributed by atoms with Crippen LogP contribution in [0.1, 0.15) is 13.3 Å². The average Bonchev–Trinajstić information content (AvgIpc) is 2.58. The van der Waals surface area contributed by atoms with Gasteiger partial charge in [-0.15, -0.1) is 0 Å². The van der Waals surface area contributed by atoms with Crippen molar-refractivity contribution in [2.24, 2.45) is 0 Å². The van der Waals surface area contributed by atoms with E-state index in [1.165, 1.54) is 18.9 Å². The quantitative estimate of drug-likeness (QED) is 0.589. The summed E-state index contributed by atoms with van der Waals surface area (Å²) in [5, 5.41) is 27.5. The van der Waals surface area contributed by atoms with Crippen LogP contribution in [0, 0.1) is 0 Å². The number of hydrogen-bond acceptors (Lipinski definition) is 4. The molecule has 0 spiro atoms. The van der Waals surface area contributed by atoms with Crippen molar-refractivity contribution >= 4 is 12.0 Å². The summed E-state index contributed by atoms with van der Waals surface area (Å²) in [6.45, 7) is 1.68. The highest BCUT2D eigenvalue weighted by molar-refractivity contribution is 5.83. The number of rotatable bonds is 3. The van der Waals surface area contributed by atoms with E-state index in [2.05, 4.69) is 0 Å². The molecule has 1 aliphatic heterocycles. The summed E-state index contributed by atoms with van der Waals surface area (Å²) >= 11 is 0. The maximum atomic E-state index is 11.9. The van der Waals surface area contributed by atoms with E-state index in [1.54, 1.807) is 0 Å². The van der Waals surface area contributed by atoms with Crippen LogP contribution in [0.25, 0.3) is 0 Å². The molecule has 0 saturated carbocycles. The van der Waals surface area contributed by atoms with Crippen LogP contribution in [0.5, 0.6) is 0 Å². The molecular formula is C10H18N2O5. The highest BCUT2D eigenvalue weighted by atomic mass is 16.4. The number of hydrogen-bond donors (Lipinski definition) is 3. The van der Waals surface area contributed by atoms with Gasteiger partial charge in [0.25, 0.3) is 0 Å². The highest BCUT2D eigenvalue weighted by Gasteiger charge is 2.40. The van der Waals surface area contributed by atoms with Gasteiger partial charge in [-0.3, -0.25) is 0 Å². The van der Waals surface area contributed by atoms with Crippen molar-refractivity contribution in [3.63, 3.8) is 0 Å². The number of carbonyl (C=O) groups is 2. The molecule has 1 rings (SSSR count). The van der Waals surface area contributed by atoms with Crippen molar-refractivity contribution in [1.82, 2.24) is 9.80 Å². The summed E-state index contributed by atoms with van der Waals surface area (Å²) in [6, 6.07) is -1.48. The van der Waals surface area contributed by atoms with Crippen molar-refractivity contribution < 1.29 is 24.9 Å². The van der Waals surface area contributed by atoms with E-state index in [-0.39, 0.29) is 19.5 Å². The number of carbonyl (C=O) groups excluding carboxylic acids is 1. The molecule has 0 aromatic carbocycles. The monoisotopic (exact) mass is 246 g/mol. The summed E-state index contributed by atoms with van der Waals surface area (Å²) in [5.41, 5.74) is 0. The zero-order chi connectivity index (χ0) is 13.2. The Morgan fingerprint density at radius 1 is 1.53 bits per heavy atom. The zero-order valence-electron chi connectivity index (χ0n) is 9.91. The van der Waals surface area contributed by atoms with Crippen molar-refractivity contribution in [2.75, 3.05) is 20.1 Å². The number of aliphatic hydroxyl groups is 2. The summed E-state index contributed by atoms with van der Waals surface area (Å²) in [7, 11) is 1.48. The van der Waals surface area contributed by atoms with Crippen LogP contribution in [-0.2, 0) is 4.79 Å². The van der Waals surface area contributed by atoms with Crippen LogP contribution < -0.4 is 0 Å². The molecule has 0 aliphatic carbocycles. The Morgan fingerprint density at radius 3 is 2.59 bits per heavy atom. The summed E-state index contributed by atoms with van der Waals surface area (Å²) in [4.78, 5) is 25.2. The Morgan fingerprint density at radius 2 is 2.12 bits per heavy atom. The van der Waals surface area contributed by atoms with Gasteiger partial charge in [0.05, 0.1) is 12.2 Å². The summed E-state index contributed by atoms with van der Waals surface area (Å²) in [6.07, 6.45) is -1.44. The highest BCUT2D eigenvalue weighted by Crippen LogP contribution is 2.19. The molecule has 0 radical (unpaired) electrons. The van der Waals surface area contributed by atoms with Gasteiger partial charge in [0.15, 0.2) is 0 Å². The maximum Gasteiger partial charge on any atom is 0.326 e. The predicted octanol–water partition coefficient (Wildman–Crippen LogP) is -1.06. The van der Waals surface area contributed by atoms with Gasteiger partial charge in [-0.1, -0.05) is 0 Å². The van der Waals surface area contributed by atoms with E-state index in [0.29, 0.717) is 0 Å². The number of likely N-dealkylation sites (tertiary alicyclic amines) is 1. The van der Waals surface area contributed by atoms with Gasteiger partial charge < -0.3 is 25.1 Å². The van der Waals surface area contributed by atoms with Crippen LogP contribution in [0.3, 0.4) is 0 Å². The van der Waals surface area contributed by atoms with Gasteiger partial charge in [-0.25, -0.2) is 9.59 Å². The molecular weight excluding hydrogens is 228 g/mol. The minimum atomic E-state index is -1.12. The third-order valence-electron chi connectivity index (χ3n) is 2.67. The van der Waals surface area contributed by atoms with E-state index < -0.39 is 30.3 Å². The number of carboxylic acid groups (broad SMARTS) is 1. The van der Waals surface area contributed by atoms with Gasteiger partial charge in [0.2, 0.25) is 0 Å². The first-order valence-corrected chi connectivity index (χ1v) is 5.43. The Labute approximate surface area is 99.2 Å². The topological polar surface area (TPSA) is 101 Å². The number of likely N-dealkylation sites (N-methyl/N-ethyl adjacent to an activating group) is 1. The van der Waals surface area contributed by atoms with E-state index in [9.17, 15) is 14.7 Å². The summed E-state index contributed by atoms with van der Waals surface area (Å²) < 4.78 is 0. The van der Waals surface area contributed by atoms with Gasteiger partial charge >= 0.3 is 12.0 Å². The van der Waals surface area contributed by atoms with Crippen molar-refractivity contribution in [3.8, 4) is 0 Å². The Hall–Kier alpha value is -1.34. The fraction of sp³-hybridized carbons (Fsp3) is 0.800. The molecule has 1 fully saturated rings. The van der Waals surface area contributed by atoms with E-state index in [4.69, 9.17) is 10.2 Å². The molecule has 17 heavy (non-hydrogen) atoms. The van der Waals surface area contributed by atoms with Crippen LogP contribution in [0.4, 0.5) is 4.79 Å². The largest absolute Gasteiger partial charge is 0.480 e. The van der Waals surface area contributed by atoms with Crippen molar-refractivity contribution in [2.45, 2.75) is 31.6 Å². The first-order valence-electron chi connectivity index (χ1n) is 5.43. The predicted molar refractivity (Wildman–Crippen MR) is 58.5 cm³/mol. The van der Waals surface area contributed by atoms with E-state index in [0.717, 1.165) is 4.90 Å². The average molecular weight is 246 g/mol. The van der Waals surface area contributed by atoms with E-state index >= 15 is 0 Å². The molecule has 1 aliphatic rings. The number of aliphatic hydroxyl groups excluding tert-OH is 2.